The zero-order valence-corrected chi connectivity index (χ0v) is 15.7. The number of ether oxygens (including phenoxy) is 1. The lowest BCUT2D eigenvalue weighted by molar-refractivity contribution is -0.136. The number of esters is 1. The van der Waals surface area contributed by atoms with Gasteiger partial charge in [0, 0.05) is 10.6 Å². The third-order valence-electron chi connectivity index (χ3n) is 3.78. The number of halogens is 2. The molecule has 0 saturated heterocycles. The van der Waals surface area contributed by atoms with Gasteiger partial charge in [0.1, 0.15) is 0 Å². The van der Waals surface area contributed by atoms with Gasteiger partial charge in [0.15, 0.2) is 0 Å². The Morgan fingerprint density at radius 1 is 1.24 bits per heavy atom. The lowest BCUT2D eigenvalue weighted by atomic mass is 10.1. The SMILES string of the molecule is COC(=O)C1=C(C)N(c2ccc(Cl)c(Cl)c2)C(=O)/C1=C\c1cccs1. The maximum absolute atomic E-state index is 13.0. The van der Waals surface area contributed by atoms with Gasteiger partial charge in [0.05, 0.1) is 34.0 Å². The van der Waals surface area contributed by atoms with Crippen molar-refractivity contribution in [3.8, 4) is 0 Å². The van der Waals surface area contributed by atoms with E-state index < -0.39 is 5.97 Å². The molecule has 0 unspecified atom stereocenters. The highest BCUT2D eigenvalue weighted by molar-refractivity contribution is 7.10. The largest absolute Gasteiger partial charge is 0.465 e. The average Bonchev–Trinajstić information content (AvgIpc) is 3.17. The van der Waals surface area contributed by atoms with E-state index in [4.69, 9.17) is 27.9 Å². The van der Waals surface area contributed by atoms with Crippen molar-refractivity contribution in [3.63, 3.8) is 0 Å². The summed E-state index contributed by atoms with van der Waals surface area (Å²) in [6.07, 6.45) is 1.69. The molecule has 0 N–H and O–H groups in total. The molecule has 0 aliphatic carbocycles. The molecule has 2 heterocycles. The van der Waals surface area contributed by atoms with E-state index in [9.17, 15) is 9.59 Å². The van der Waals surface area contributed by atoms with Crippen LogP contribution in [0.25, 0.3) is 6.08 Å². The Labute approximate surface area is 158 Å². The van der Waals surface area contributed by atoms with Crippen molar-refractivity contribution in [1.82, 2.24) is 0 Å². The monoisotopic (exact) mass is 393 g/mol. The van der Waals surface area contributed by atoms with Crippen LogP contribution in [-0.4, -0.2) is 19.0 Å². The van der Waals surface area contributed by atoms with Crippen molar-refractivity contribution in [1.29, 1.82) is 0 Å². The van der Waals surface area contributed by atoms with Gasteiger partial charge in [-0.15, -0.1) is 11.3 Å². The van der Waals surface area contributed by atoms with Crippen LogP contribution in [0.5, 0.6) is 0 Å². The Kier molecular flexibility index (Phi) is 4.99. The number of anilines is 1. The molecule has 0 radical (unpaired) electrons. The Morgan fingerprint density at radius 3 is 2.60 bits per heavy atom. The van der Waals surface area contributed by atoms with E-state index in [2.05, 4.69) is 0 Å². The molecular formula is C18H13Cl2NO3S. The zero-order chi connectivity index (χ0) is 18.1. The van der Waals surface area contributed by atoms with Crippen LogP contribution in [-0.2, 0) is 14.3 Å². The second-order valence-electron chi connectivity index (χ2n) is 5.26. The third kappa shape index (κ3) is 3.23. The molecule has 0 saturated carbocycles. The molecule has 128 valence electrons. The Hall–Kier alpha value is -2.08. The number of benzene rings is 1. The number of methoxy groups -OCH3 is 1. The first-order valence-electron chi connectivity index (χ1n) is 7.28. The fourth-order valence-electron chi connectivity index (χ4n) is 2.63. The molecule has 7 heteroatoms. The van der Waals surface area contributed by atoms with Crippen LogP contribution < -0.4 is 4.90 Å². The third-order valence-corrected chi connectivity index (χ3v) is 5.34. The molecule has 0 fully saturated rings. The van der Waals surface area contributed by atoms with Crippen LogP contribution in [0.4, 0.5) is 5.69 Å². The van der Waals surface area contributed by atoms with Crippen LogP contribution in [0, 0.1) is 0 Å². The van der Waals surface area contributed by atoms with Gasteiger partial charge in [0.25, 0.3) is 5.91 Å². The maximum atomic E-state index is 13.0. The summed E-state index contributed by atoms with van der Waals surface area (Å²) in [6.45, 7) is 1.70. The van der Waals surface area contributed by atoms with Crippen molar-refractivity contribution >= 4 is 58.2 Å². The van der Waals surface area contributed by atoms with Gasteiger partial charge in [-0.25, -0.2) is 4.79 Å². The molecule has 3 rings (SSSR count). The van der Waals surface area contributed by atoms with Gasteiger partial charge in [-0.3, -0.25) is 9.69 Å². The minimum atomic E-state index is -0.559. The molecular weight excluding hydrogens is 381 g/mol. The summed E-state index contributed by atoms with van der Waals surface area (Å²) in [6, 6.07) is 8.63. The van der Waals surface area contributed by atoms with Gasteiger partial charge in [-0.1, -0.05) is 29.3 Å². The van der Waals surface area contributed by atoms with Gasteiger partial charge < -0.3 is 4.74 Å². The quantitative estimate of drug-likeness (QED) is 0.548. The topological polar surface area (TPSA) is 46.6 Å². The van der Waals surface area contributed by atoms with E-state index in [-0.39, 0.29) is 17.1 Å². The van der Waals surface area contributed by atoms with E-state index in [1.165, 1.54) is 23.3 Å². The van der Waals surface area contributed by atoms with Crippen molar-refractivity contribution < 1.29 is 14.3 Å². The number of hydrogen-bond donors (Lipinski definition) is 0. The zero-order valence-electron chi connectivity index (χ0n) is 13.4. The number of carbonyl (C=O) groups is 2. The molecule has 4 nitrogen and oxygen atoms in total. The van der Waals surface area contributed by atoms with Crippen LogP contribution in [0.3, 0.4) is 0 Å². The number of hydrogen-bond acceptors (Lipinski definition) is 4. The van der Waals surface area contributed by atoms with Crippen LogP contribution in [0.15, 0.2) is 52.6 Å². The fraction of sp³-hybridized carbons (Fsp3) is 0.111. The molecule has 0 bridgehead atoms. The van der Waals surface area contributed by atoms with Crippen molar-refractivity contribution in [3.05, 3.63) is 67.5 Å². The summed E-state index contributed by atoms with van der Waals surface area (Å²) in [4.78, 5) is 27.6. The van der Waals surface area contributed by atoms with Gasteiger partial charge in [-0.05, 0) is 42.6 Å². The minimum absolute atomic E-state index is 0.243. The van der Waals surface area contributed by atoms with Gasteiger partial charge >= 0.3 is 5.97 Å². The minimum Gasteiger partial charge on any atom is -0.465 e. The summed E-state index contributed by atoms with van der Waals surface area (Å²) < 4.78 is 4.87. The Balaban J connectivity index is 2.15. The molecule has 2 aromatic rings. The predicted octanol–water partition coefficient (Wildman–Crippen LogP) is 4.93. The molecule has 1 aromatic heterocycles. The van der Waals surface area contributed by atoms with E-state index in [0.717, 1.165) is 4.88 Å². The first-order chi connectivity index (χ1) is 11.9. The maximum Gasteiger partial charge on any atom is 0.340 e. The van der Waals surface area contributed by atoms with Crippen molar-refractivity contribution in [2.24, 2.45) is 0 Å². The average molecular weight is 394 g/mol. The second kappa shape index (κ2) is 7.04. The second-order valence-corrected chi connectivity index (χ2v) is 7.06. The highest BCUT2D eigenvalue weighted by Gasteiger charge is 2.38. The summed E-state index contributed by atoms with van der Waals surface area (Å²) in [7, 11) is 1.29. The van der Waals surface area contributed by atoms with E-state index in [0.29, 0.717) is 21.4 Å². The highest BCUT2D eigenvalue weighted by atomic mass is 35.5. The number of allylic oxidation sites excluding steroid dienone is 1. The fourth-order valence-corrected chi connectivity index (χ4v) is 3.58. The van der Waals surface area contributed by atoms with Crippen molar-refractivity contribution in [2.45, 2.75) is 6.92 Å². The first kappa shape index (κ1) is 17.7. The number of carbonyl (C=O) groups excluding carboxylic acids is 2. The number of nitrogens with zero attached hydrogens (tertiary/aromatic N) is 1. The van der Waals surface area contributed by atoms with Gasteiger partial charge in [0.2, 0.25) is 0 Å². The standard InChI is InChI=1S/C18H13Cl2NO3S/c1-10-16(18(23)24-2)13(9-12-4-3-7-25-12)17(22)21(10)11-5-6-14(19)15(20)8-11/h3-9H,1-2H3/b13-9-. The molecule has 1 amide bonds. The smallest absolute Gasteiger partial charge is 0.340 e. The molecule has 1 aliphatic heterocycles. The number of thiophene rings is 1. The summed E-state index contributed by atoms with van der Waals surface area (Å²) in [5.41, 5.74) is 1.55. The Morgan fingerprint density at radius 2 is 2.00 bits per heavy atom. The molecule has 0 spiro atoms. The summed E-state index contributed by atoms with van der Waals surface area (Å²) in [5, 5.41) is 2.62. The summed E-state index contributed by atoms with van der Waals surface area (Å²) in [5.74, 6) is -0.874. The normalized spacial score (nSPS) is 16.1. The summed E-state index contributed by atoms with van der Waals surface area (Å²) >= 11 is 13.5. The number of rotatable bonds is 3. The van der Waals surface area contributed by atoms with E-state index in [1.807, 2.05) is 17.5 Å². The van der Waals surface area contributed by atoms with E-state index >= 15 is 0 Å². The number of amides is 1. The Bertz CT molecular complexity index is 916. The van der Waals surface area contributed by atoms with E-state index in [1.54, 1.807) is 31.2 Å². The molecule has 1 aliphatic rings. The van der Waals surface area contributed by atoms with Crippen LogP contribution >= 0.6 is 34.5 Å². The van der Waals surface area contributed by atoms with Crippen molar-refractivity contribution in [2.75, 3.05) is 12.0 Å². The molecule has 0 atom stereocenters. The predicted molar refractivity (Wildman–Crippen MR) is 101 cm³/mol. The van der Waals surface area contributed by atoms with Crippen LogP contribution in [0.1, 0.15) is 11.8 Å². The first-order valence-corrected chi connectivity index (χ1v) is 8.92. The van der Waals surface area contributed by atoms with Gasteiger partial charge in [-0.2, -0.15) is 0 Å². The molecule has 1 aromatic carbocycles. The lowest BCUT2D eigenvalue weighted by Gasteiger charge is -2.18. The highest BCUT2D eigenvalue weighted by Crippen LogP contribution is 2.37. The molecule has 25 heavy (non-hydrogen) atoms. The lowest BCUT2D eigenvalue weighted by Crippen LogP contribution is -2.24. The van der Waals surface area contributed by atoms with Crippen LogP contribution in [0.2, 0.25) is 10.0 Å².